The van der Waals surface area contributed by atoms with E-state index in [0.29, 0.717) is 24.9 Å². The first-order valence-electron chi connectivity index (χ1n) is 10.8. The second-order valence-corrected chi connectivity index (χ2v) is 9.96. The molecule has 1 aromatic carbocycles. The van der Waals surface area contributed by atoms with Crippen molar-refractivity contribution in [3.05, 3.63) is 29.8 Å². The largest absolute Gasteiger partial charge is 0.494 e. The molecule has 158 valence electrons. The lowest BCUT2D eigenvalue weighted by Gasteiger charge is -2.48. The van der Waals surface area contributed by atoms with Gasteiger partial charge in [-0.05, 0) is 63.9 Å². The summed E-state index contributed by atoms with van der Waals surface area (Å²) in [4.78, 5) is 11.9. The van der Waals surface area contributed by atoms with Crippen molar-refractivity contribution in [3.8, 4) is 0 Å². The molecular weight excluding hydrogens is 367 g/mol. The van der Waals surface area contributed by atoms with Crippen molar-refractivity contribution in [2.45, 2.75) is 82.5 Å². The van der Waals surface area contributed by atoms with Gasteiger partial charge >= 0.3 is 13.1 Å². The van der Waals surface area contributed by atoms with Crippen LogP contribution < -0.4 is 5.46 Å². The molecule has 0 aromatic heterocycles. The first-order valence-corrected chi connectivity index (χ1v) is 10.8. The van der Waals surface area contributed by atoms with Crippen LogP contribution in [0.1, 0.15) is 71.3 Å². The average Bonchev–Trinajstić information content (AvgIpc) is 2.89. The van der Waals surface area contributed by atoms with Crippen molar-refractivity contribution in [2.75, 3.05) is 13.7 Å². The number of hydrogen-bond acceptors (Lipinski definition) is 5. The zero-order valence-corrected chi connectivity index (χ0v) is 18.3. The van der Waals surface area contributed by atoms with Gasteiger partial charge in [0.15, 0.2) is 0 Å². The van der Waals surface area contributed by atoms with Crippen molar-refractivity contribution >= 4 is 18.6 Å². The van der Waals surface area contributed by atoms with Gasteiger partial charge in [-0.1, -0.05) is 30.7 Å². The Morgan fingerprint density at radius 3 is 2.41 bits per heavy atom. The molecule has 3 aliphatic rings. The van der Waals surface area contributed by atoms with Crippen LogP contribution in [0, 0.1) is 5.92 Å². The van der Waals surface area contributed by atoms with E-state index in [-0.39, 0.29) is 29.9 Å². The summed E-state index contributed by atoms with van der Waals surface area (Å²) in [7, 11) is 1.12. The van der Waals surface area contributed by atoms with Crippen LogP contribution in [0.2, 0.25) is 0 Å². The van der Waals surface area contributed by atoms with E-state index in [4.69, 9.17) is 18.8 Å². The van der Waals surface area contributed by atoms with Crippen molar-refractivity contribution in [3.63, 3.8) is 0 Å². The Balaban J connectivity index is 1.46. The van der Waals surface area contributed by atoms with E-state index >= 15 is 0 Å². The predicted molar refractivity (Wildman–Crippen MR) is 112 cm³/mol. The van der Waals surface area contributed by atoms with Gasteiger partial charge in [-0.15, -0.1) is 0 Å². The lowest BCUT2D eigenvalue weighted by Crippen LogP contribution is -2.47. The highest BCUT2D eigenvalue weighted by Crippen LogP contribution is 2.48. The highest BCUT2D eigenvalue weighted by atomic mass is 16.7. The highest BCUT2D eigenvalue weighted by Gasteiger charge is 2.52. The fourth-order valence-electron chi connectivity index (χ4n) is 5.04. The molecule has 3 atom stereocenters. The molecule has 5 nitrogen and oxygen atoms in total. The number of carbonyl (C=O) groups excluding carboxylic acids is 1. The lowest BCUT2D eigenvalue weighted by atomic mass is 9.67. The molecule has 2 bridgehead atoms. The van der Waals surface area contributed by atoms with Gasteiger partial charge in [0, 0.05) is 5.92 Å². The maximum atomic E-state index is 11.9. The van der Waals surface area contributed by atoms with E-state index in [1.54, 1.807) is 0 Å². The van der Waals surface area contributed by atoms with Gasteiger partial charge in [0.1, 0.15) is 0 Å². The molecule has 3 unspecified atom stereocenters. The Hall–Kier alpha value is -1.37. The maximum Gasteiger partial charge on any atom is 0.494 e. The minimum atomic E-state index is -0.335. The molecule has 0 radical (unpaired) electrons. The standard InChI is InChI=1S/C23H33BO5/c1-21(2)22(3,4)29-24(28-21)18-10-8-16(9-11-18)19-15-27-23(14-20(25)26-5)12-6-7-17(19)13-23/h8-11,17,19H,6-7,12-15H2,1-5H3. The second kappa shape index (κ2) is 7.40. The second-order valence-electron chi connectivity index (χ2n) is 9.96. The SMILES string of the molecule is COC(=O)CC12CCCC(C1)C(c1ccc(B3OC(C)(C)C(C)(C)O3)cc1)CO2. The smallest absolute Gasteiger partial charge is 0.469 e. The molecule has 1 aromatic rings. The monoisotopic (exact) mass is 400 g/mol. The summed E-state index contributed by atoms with van der Waals surface area (Å²) in [6, 6.07) is 8.62. The number of ether oxygens (including phenoxy) is 2. The van der Waals surface area contributed by atoms with Crippen LogP contribution in [0.5, 0.6) is 0 Å². The molecule has 1 saturated carbocycles. The number of fused-ring (bicyclic) bond motifs is 2. The maximum absolute atomic E-state index is 11.9. The topological polar surface area (TPSA) is 54.0 Å². The zero-order chi connectivity index (χ0) is 20.9. The van der Waals surface area contributed by atoms with E-state index in [9.17, 15) is 4.79 Å². The zero-order valence-electron chi connectivity index (χ0n) is 18.3. The van der Waals surface area contributed by atoms with E-state index in [1.807, 2.05) is 0 Å². The molecule has 2 saturated heterocycles. The number of esters is 1. The summed E-state index contributed by atoms with van der Waals surface area (Å²) in [5.74, 6) is 0.745. The Morgan fingerprint density at radius 1 is 1.14 bits per heavy atom. The molecule has 1 aliphatic carbocycles. The van der Waals surface area contributed by atoms with E-state index in [0.717, 1.165) is 24.7 Å². The quantitative estimate of drug-likeness (QED) is 0.571. The Kier molecular flexibility index (Phi) is 5.33. The number of methoxy groups -OCH3 is 1. The third-order valence-electron chi connectivity index (χ3n) is 7.56. The van der Waals surface area contributed by atoms with Crippen LogP contribution in [0.15, 0.2) is 24.3 Å². The van der Waals surface area contributed by atoms with Crippen molar-refractivity contribution in [1.29, 1.82) is 0 Å². The van der Waals surface area contributed by atoms with E-state index in [1.165, 1.54) is 19.1 Å². The molecule has 4 rings (SSSR count). The minimum absolute atomic E-state index is 0.170. The molecule has 6 heteroatoms. The summed E-state index contributed by atoms with van der Waals surface area (Å²) in [5, 5.41) is 0. The number of benzene rings is 1. The van der Waals surface area contributed by atoms with Gasteiger partial charge in [0.25, 0.3) is 0 Å². The van der Waals surface area contributed by atoms with Crippen LogP contribution in [-0.2, 0) is 23.6 Å². The van der Waals surface area contributed by atoms with Gasteiger partial charge in [-0.3, -0.25) is 4.79 Å². The Bertz CT molecular complexity index is 743. The van der Waals surface area contributed by atoms with Crippen molar-refractivity contribution < 1.29 is 23.6 Å². The van der Waals surface area contributed by atoms with Crippen LogP contribution >= 0.6 is 0 Å². The van der Waals surface area contributed by atoms with Gasteiger partial charge in [0.2, 0.25) is 0 Å². The molecule has 0 spiro atoms. The van der Waals surface area contributed by atoms with Gasteiger partial charge in [-0.2, -0.15) is 0 Å². The normalized spacial score (nSPS) is 32.8. The minimum Gasteiger partial charge on any atom is -0.469 e. The first kappa shape index (κ1) is 20.9. The first-order chi connectivity index (χ1) is 13.6. The summed E-state index contributed by atoms with van der Waals surface area (Å²) >= 11 is 0. The van der Waals surface area contributed by atoms with Crippen LogP contribution in [-0.4, -0.2) is 43.6 Å². The van der Waals surface area contributed by atoms with Crippen LogP contribution in [0.3, 0.4) is 0 Å². The summed E-state index contributed by atoms with van der Waals surface area (Å²) in [6.07, 6.45) is 4.55. The van der Waals surface area contributed by atoms with Crippen LogP contribution in [0.4, 0.5) is 0 Å². The summed E-state index contributed by atoms with van der Waals surface area (Å²) in [5.41, 5.74) is 1.35. The van der Waals surface area contributed by atoms with E-state index in [2.05, 4.69) is 52.0 Å². The Morgan fingerprint density at radius 2 is 1.79 bits per heavy atom. The van der Waals surface area contributed by atoms with Gasteiger partial charge in [-0.25, -0.2) is 0 Å². The highest BCUT2D eigenvalue weighted by molar-refractivity contribution is 6.62. The number of hydrogen-bond donors (Lipinski definition) is 0. The van der Waals surface area contributed by atoms with E-state index < -0.39 is 0 Å². The molecule has 2 heterocycles. The molecule has 0 N–H and O–H groups in total. The molecule has 29 heavy (non-hydrogen) atoms. The number of carbonyl (C=O) groups is 1. The van der Waals surface area contributed by atoms with Gasteiger partial charge < -0.3 is 18.8 Å². The van der Waals surface area contributed by atoms with Crippen LogP contribution in [0.25, 0.3) is 0 Å². The predicted octanol–water partition coefficient (Wildman–Crippen LogP) is 3.59. The molecule has 0 amide bonds. The Labute approximate surface area is 174 Å². The average molecular weight is 400 g/mol. The third kappa shape index (κ3) is 3.87. The summed E-state index contributed by atoms with van der Waals surface area (Å²) < 4.78 is 23.6. The molecular formula is C23H33BO5. The fourth-order valence-corrected chi connectivity index (χ4v) is 5.04. The van der Waals surface area contributed by atoms with Gasteiger partial charge in [0.05, 0.1) is 36.9 Å². The molecule has 3 fully saturated rings. The lowest BCUT2D eigenvalue weighted by molar-refractivity contribution is -0.165. The number of rotatable bonds is 4. The van der Waals surface area contributed by atoms with Crippen molar-refractivity contribution in [1.82, 2.24) is 0 Å². The molecule has 2 aliphatic heterocycles. The summed E-state index contributed by atoms with van der Waals surface area (Å²) in [6.45, 7) is 8.96. The van der Waals surface area contributed by atoms with Crippen molar-refractivity contribution in [2.24, 2.45) is 5.92 Å². The fraction of sp³-hybridized carbons (Fsp3) is 0.696. The third-order valence-corrected chi connectivity index (χ3v) is 7.56.